The van der Waals surface area contributed by atoms with Gasteiger partial charge in [0.2, 0.25) is 5.91 Å². The number of nitrogens with one attached hydrogen (secondary N) is 3. The molecule has 0 atom stereocenters. The summed E-state index contributed by atoms with van der Waals surface area (Å²) in [6.07, 6.45) is 3.94. The number of hydrogen-bond acceptors (Lipinski definition) is 7. The summed E-state index contributed by atoms with van der Waals surface area (Å²) in [4.78, 5) is 41.2. The number of hydrogen-bond donors (Lipinski definition) is 3. The normalized spacial score (nSPS) is 18.3. The molecule has 0 radical (unpaired) electrons. The molecule has 1 aromatic carbocycles. The van der Waals surface area contributed by atoms with E-state index in [1.165, 1.54) is 7.11 Å². The van der Waals surface area contributed by atoms with Crippen LogP contribution in [0.1, 0.15) is 43.0 Å². The second-order valence-electron chi connectivity index (χ2n) is 8.29. The summed E-state index contributed by atoms with van der Waals surface area (Å²) in [5.41, 5.74) is -0.590. The first-order chi connectivity index (χ1) is 15.9. The SMILES string of the molecule is CCOC(=O)N1CCC(NC(=O)C2(NC(=O)c3ccc(SC)cc3OC)CCNCC2)CC1. The van der Waals surface area contributed by atoms with Crippen molar-refractivity contribution in [2.24, 2.45) is 0 Å². The van der Waals surface area contributed by atoms with E-state index in [-0.39, 0.29) is 23.9 Å². The molecule has 0 aliphatic carbocycles. The van der Waals surface area contributed by atoms with Crippen molar-refractivity contribution in [3.63, 3.8) is 0 Å². The summed E-state index contributed by atoms with van der Waals surface area (Å²) in [5, 5.41) is 9.42. The molecule has 3 rings (SSSR count). The number of methoxy groups -OCH3 is 1. The molecule has 182 valence electrons. The molecule has 2 aliphatic heterocycles. The Morgan fingerprint density at radius 1 is 1.21 bits per heavy atom. The minimum atomic E-state index is -0.996. The Balaban J connectivity index is 1.68. The van der Waals surface area contributed by atoms with Gasteiger partial charge < -0.3 is 30.3 Å². The van der Waals surface area contributed by atoms with Crippen LogP contribution in [0.3, 0.4) is 0 Å². The molecule has 0 bridgehead atoms. The molecule has 1 aromatic rings. The lowest BCUT2D eigenvalue weighted by atomic mass is 9.86. The number of benzene rings is 1. The van der Waals surface area contributed by atoms with E-state index in [2.05, 4.69) is 16.0 Å². The van der Waals surface area contributed by atoms with Gasteiger partial charge >= 0.3 is 6.09 Å². The molecular weight excluding hydrogens is 444 g/mol. The van der Waals surface area contributed by atoms with Gasteiger partial charge in [-0.05, 0) is 70.2 Å². The number of carbonyl (C=O) groups is 3. The molecular formula is C23H34N4O5S. The van der Waals surface area contributed by atoms with E-state index < -0.39 is 5.54 Å². The second-order valence-corrected chi connectivity index (χ2v) is 9.17. The van der Waals surface area contributed by atoms with E-state index in [9.17, 15) is 14.4 Å². The standard InChI is InChI=1S/C23H34N4O5S/c1-4-32-22(30)27-13-7-16(8-14-27)25-21(29)23(9-11-24-12-10-23)26-20(28)18-6-5-17(33-3)15-19(18)31-2/h5-6,15-16,24H,4,7-14H2,1-3H3,(H,25,29)(H,26,28). The fraction of sp³-hybridized carbons (Fsp3) is 0.609. The first kappa shape index (κ1) is 25.2. The number of piperidine rings is 2. The maximum atomic E-state index is 13.4. The lowest BCUT2D eigenvalue weighted by molar-refractivity contribution is -0.129. The van der Waals surface area contributed by atoms with Crippen molar-refractivity contribution in [2.45, 2.75) is 49.1 Å². The molecule has 9 nitrogen and oxygen atoms in total. The highest BCUT2D eigenvalue weighted by Gasteiger charge is 2.42. The molecule has 2 fully saturated rings. The molecule has 0 aromatic heterocycles. The number of ether oxygens (including phenoxy) is 2. The van der Waals surface area contributed by atoms with Gasteiger partial charge in [-0.1, -0.05) is 0 Å². The van der Waals surface area contributed by atoms with Crippen LogP contribution >= 0.6 is 11.8 Å². The number of nitrogens with zero attached hydrogens (tertiary/aromatic N) is 1. The predicted octanol–water partition coefficient (Wildman–Crippen LogP) is 2.01. The summed E-state index contributed by atoms with van der Waals surface area (Å²) >= 11 is 1.57. The van der Waals surface area contributed by atoms with Crippen molar-refractivity contribution in [2.75, 3.05) is 46.2 Å². The Morgan fingerprint density at radius 2 is 1.91 bits per heavy atom. The van der Waals surface area contributed by atoms with Gasteiger partial charge in [-0.3, -0.25) is 9.59 Å². The van der Waals surface area contributed by atoms with Crippen LogP contribution < -0.4 is 20.7 Å². The van der Waals surface area contributed by atoms with E-state index in [0.717, 1.165) is 4.90 Å². The van der Waals surface area contributed by atoms with E-state index >= 15 is 0 Å². The molecule has 2 saturated heterocycles. The van der Waals surface area contributed by atoms with Crippen molar-refractivity contribution in [3.05, 3.63) is 23.8 Å². The highest BCUT2D eigenvalue weighted by Crippen LogP contribution is 2.27. The average Bonchev–Trinajstić information content (AvgIpc) is 2.84. The monoisotopic (exact) mass is 478 g/mol. The minimum Gasteiger partial charge on any atom is -0.496 e. The first-order valence-electron chi connectivity index (χ1n) is 11.4. The van der Waals surface area contributed by atoms with Gasteiger partial charge in [0.25, 0.3) is 5.91 Å². The average molecular weight is 479 g/mol. The zero-order chi connectivity index (χ0) is 23.8. The maximum Gasteiger partial charge on any atom is 0.409 e. The third kappa shape index (κ3) is 6.11. The lowest BCUT2D eigenvalue weighted by Crippen LogP contribution is -2.64. The fourth-order valence-corrected chi connectivity index (χ4v) is 4.71. The van der Waals surface area contributed by atoms with Gasteiger partial charge in [0.15, 0.2) is 0 Å². The van der Waals surface area contributed by atoms with Gasteiger partial charge in [0.05, 0.1) is 19.3 Å². The third-order valence-corrected chi connectivity index (χ3v) is 6.98. The van der Waals surface area contributed by atoms with Crippen LogP contribution in [0.15, 0.2) is 23.1 Å². The van der Waals surface area contributed by atoms with E-state index in [1.54, 1.807) is 29.7 Å². The van der Waals surface area contributed by atoms with Crippen molar-refractivity contribution in [1.82, 2.24) is 20.9 Å². The highest BCUT2D eigenvalue weighted by atomic mass is 32.2. The zero-order valence-corrected chi connectivity index (χ0v) is 20.4. The summed E-state index contributed by atoms with van der Waals surface area (Å²) in [5.74, 6) is -0.0181. The van der Waals surface area contributed by atoms with Crippen LogP contribution in [0.4, 0.5) is 4.79 Å². The minimum absolute atomic E-state index is 0.0535. The summed E-state index contributed by atoms with van der Waals surface area (Å²) < 4.78 is 10.5. The topological polar surface area (TPSA) is 109 Å². The van der Waals surface area contributed by atoms with Crippen LogP contribution in [0, 0.1) is 0 Å². The Kier molecular flexibility index (Phi) is 8.85. The highest BCUT2D eigenvalue weighted by molar-refractivity contribution is 7.98. The molecule has 33 heavy (non-hydrogen) atoms. The van der Waals surface area contributed by atoms with Crippen LogP contribution in [0.25, 0.3) is 0 Å². The predicted molar refractivity (Wildman–Crippen MR) is 127 cm³/mol. The van der Waals surface area contributed by atoms with Crippen molar-refractivity contribution < 1.29 is 23.9 Å². The van der Waals surface area contributed by atoms with Crippen LogP contribution in [0.5, 0.6) is 5.75 Å². The van der Waals surface area contributed by atoms with E-state index in [4.69, 9.17) is 9.47 Å². The summed E-state index contributed by atoms with van der Waals surface area (Å²) in [6.45, 7) is 4.46. The van der Waals surface area contributed by atoms with Gasteiger partial charge in [-0.2, -0.15) is 0 Å². The quantitative estimate of drug-likeness (QED) is 0.515. The molecule has 3 N–H and O–H groups in total. The van der Waals surface area contributed by atoms with Crippen LogP contribution in [-0.4, -0.2) is 80.5 Å². The maximum absolute atomic E-state index is 13.4. The Labute approximate surface area is 199 Å². The van der Waals surface area contributed by atoms with Crippen molar-refractivity contribution in [1.29, 1.82) is 0 Å². The van der Waals surface area contributed by atoms with Gasteiger partial charge in [0, 0.05) is 24.0 Å². The second kappa shape index (κ2) is 11.6. The number of amides is 3. The van der Waals surface area contributed by atoms with E-state index in [1.807, 2.05) is 18.4 Å². The van der Waals surface area contributed by atoms with Crippen LogP contribution in [0.2, 0.25) is 0 Å². The fourth-order valence-electron chi connectivity index (χ4n) is 4.28. The number of likely N-dealkylation sites (tertiary alicyclic amines) is 1. The molecule has 2 heterocycles. The van der Waals surface area contributed by atoms with E-state index in [0.29, 0.717) is 69.8 Å². The zero-order valence-electron chi connectivity index (χ0n) is 19.6. The molecule has 0 unspecified atom stereocenters. The lowest BCUT2D eigenvalue weighted by Gasteiger charge is -2.39. The van der Waals surface area contributed by atoms with Gasteiger partial charge in [-0.25, -0.2) is 4.79 Å². The largest absolute Gasteiger partial charge is 0.496 e. The van der Waals surface area contributed by atoms with Crippen molar-refractivity contribution >= 4 is 29.7 Å². The smallest absolute Gasteiger partial charge is 0.409 e. The Hall–Kier alpha value is -2.46. The number of carbonyl (C=O) groups excluding carboxylic acids is 3. The first-order valence-corrected chi connectivity index (χ1v) is 12.6. The molecule has 10 heteroatoms. The Bertz CT molecular complexity index is 851. The molecule has 0 saturated carbocycles. The third-order valence-electron chi connectivity index (χ3n) is 6.25. The molecule has 2 aliphatic rings. The number of rotatable bonds is 7. The summed E-state index contributed by atoms with van der Waals surface area (Å²) in [6, 6.07) is 5.38. The van der Waals surface area contributed by atoms with Gasteiger partial charge in [-0.15, -0.1) is 11.8 Å². The summed E-state index contributed by atoms with van der Waals surface area (Å²) in [7, 11) is 1.53. The van der Waals surface area contributed by atoms with Crippen LogP contribution in [-0.2, 0) is 9.53 Å². The van der Waals surface area contributed by atoms with Gasteiger partial charge in [0.1, 0.15) is 11.3 Å². The molecule has 0 spiro atoms. The molecule has 3 amide bonds. The van der Waals surface area contributed by atoms with Crippen molar-refractivity contribution in [3.8, 4) is 5.75 Å². The Morgan fingerprint density at radius 3 is 2.52 bits per heavy atom. The number of thioether (sulfide) groups is 1.